The largest absolute Gasteiger partial charge is 0.322 e. The van der Waals surface area contributed by atoms with Crippen LogP contribution in [0.1, 0.15) is 40.9 Å². The molecule has 0 saturated heterocycles. The molecule has 0 atom stereocenters. The van der Waals surface area contributed by atoms with Gasteiger partial charge in [0.25, 0.3) is 5.91 Å². The van der Waals surface area contributed by atoms with Gasteiger partial charge in [-0.3, -0.25) is 4.79 Å². The highest BCUT2D eigenvalue weighted by molar-refractivity contribution is 6.04. The Labute approximate surface area is 145 Å². The van der Waals surface area contributed by atoms with E-state index in [0.717, 1.165) is 24.2 Å². The number of hydrogen-bond acceptors (Lipinski definition) is 2. The molecule has 3 heteroatoms. The molecule has 1 amide bonds. The van der Waals surface area contributed by atoms with Crippen LogP contribution < -0.4 is 5.32 Å². The smallest absolute Gasteiger partial charge is 0.255 e. The highest BCUT2D eigenvalue weighted by Crippen LogP contribution is 2.20. The normalized spacial score (nSPS) is 11.1. The first kappa shape index (κ1) is 18.2. The average Bonchev–Trinajstić information content (AvgIpc) is 2.49. The fourth-order valence-corrected chi connectivity index (χ4v) is 2.77. The summed E-state index contributed by atoms with van der Waals surface area (Å²) in [6.45, 7) is 7.26. The molecule has 1 N–H and O–H groups in total. The lowest BCUT2D eigenvalue weighted by Gasteiger charge is -2.16. The van der Waals surface area contributed by atoms with Gasteiger partial charge < -0.3 is 10.2 Å². The predicted octanol–water partition coefficient (Wildman–Crippen LogP) is 4.51. The summed E-state index contributed by atoms with van der Waals surface area (Å²) in [4.78, 5) is 14.6. The van der Waals surface area contributed by atoms with E-state index in [0.29, 0.717) is 11.5 Å². The zero-order valence-electron chi connectivity index (χ0n) is 15.4. The van der Waals surface area contributed by atoms with Gasteiger partial charge in [0.15, 0.2) is 0 Å². The quantitative estimate of drug-likeness (QED) is 0.848. The molecule has 0 spiro atoms. The highest BCUT2D eigenvalue weighted by atomic mass is 16.1. The number of carbonyl (C=O) groups is 1. The van der Waals surface area contributed by atoms with Gasteiger partial charge in [0.2, 0.25) is 0 Å². The van der Waals surface area contributed by atoms with Crippen LogP contribution in [0.4, 0.5) is 5.69 Å². The van der Waals surface area contributed by atoms with E-state index < -0.39 is 0 Å². The molecule has 0 unspecified atom stereocenters. The molecule has 0 bridgehead atoms. The molecule has 2 rings (SSSR count). The molecule has 2 aromatic carbocycles. The molecule has 24 heavy (non-hydrogen) atoms. The van der Waals surface area contributed by atoms with E-state index in [1.165, 1.54) is 11.1 Å². The topological polar surface area (TPSA) is 32.3 Å². The van der Waals surface area contributed by atoms with Crippen molar-refractivity contribution in [3.63, 3.8) is 0 Å². The first-order valence-electron chi connectivity index (χ1n) is 8.49. The summed E-state index contributed by atoms with van der Waals surface area (Å²) < 4.78 is 0. The summed E-state index contributed by atoms with van der Waals surface area (Å²) >= 11 is 0. The summed E-state index contributed by atoms with van der Waals surface area (Å²) in [5.74, 6) is 0.556. The minimum atomic E-state index is -0.0602. The van der Waals surface area contributed by atoms with E-state index in [4.69, 9.17) is 0 Å². The van der Waals surface area contributed by atoms with E-state index in [1.54, 1.807) is 0 Å². The number of aryl methyl sites for hydroxylation is 1. The minimum Gasteiger partial charge on any atom is -0.322 e. The van der Waals surface area contributed by atoms with Crippen molar-refractivity contribution in [1.29, 1.82) is 0 Å². The van der Waals surface area contributed by atoms with E-state index in [2.05, 4.69) is 37.1 Å². The number of anilines is 1. The lowest BCUT2D eigenvalue weighted by atomic mass is 10.0. The molecule has 0 aliphatic heterocycles. The second kappa shape index (κ2) is 8.11. The van der Waals surface area contributed by atoms with Gasteiger partial charge in [0.05, 0.1) is 0 Å². The first-order valence-corrected chi connectivity index (χ1v) is 8.49. The Morgan fingerprint density at radius 2 is 1.75 bits per heavy atom. The maximum Gasteiger partial charge on any atom is 0.255 e. The number of carbonyl (C=O) groups excluding carboxylic acids is 1. The van der Waals surface area contributed by atoms with Gasteiger partial charge in [0.1, 0.15) is 0 Å². The Hall–Kier alpha value is -2.13. The van der Waals surface area contributed by atoms with Gasteiger partial charge in [0, 0.05) is 17.8 Å². The Morgan fingerprint density at radius 1 is 1.08 bits per heavy atom. The van der Waals surface area contributed by atoms with Crippen LogP contribution in [0.15, 0.2) is 42.5 Å². The van der Waals surface area contributed by atoms with Gasteiger partial charge >= 0.3 is 0 Å². The van der Waals surface area contributed by atoms with Gasteiger partial charge in [-0.25, -0.2) is 0 Å². The van der Waals surface area contributed by atoms with Crippen molar-refractivity contribution in [2.45, 2.75) is 33.7 Å². The summed E-state index contributed by atoms with van der Waals surface area (Å²) in [5.41, 5.74) is 5.17. The number of nitrogens with zero attached hydrogens (tertiary/aromatic N) is 1. The minimum absolute atomic E-state index is 0.0602. The van der Waals surface area contributed by atoms with Crippen molar-refractivity contribution >= 4 is 11.6 Å². The van der Waals surface area contributed by atoms with Crippen LogP contribution in [-0.2, 0) is 13.0 Å². The van der Waals surface area contributed by atoms with Crippen LogP contribution in [0.3, 0.4) is 0 Å². The molecule has 0 aliphatic rings. The van der Waals surface area contributed by atoms with Crippen molar-refractivity contribution in [1.82, 2.24) is 4.90 Å². The number of rotatable bonds is 6. The number of benzene rings is 2. The molecule has 0 fully saturated rings. The van der Waals surface area contributed by atoms with Crippen LogP contribution in [0, 0.1) is 12.8 Å². The number of amides is 1. The standard InChI is InChI=1S/C21H28N2O/c1-15(2)12-17-7-9-18(10-8-17)21(24)22-20-11-6-16(3)13-19(20)14-23(4)5/h6-11,13,15H,12,14H2,1-5H3,(H,22,24). The maximum atomic E-state index is 12.5. The lowest BCUT2D eigenvalue weighted by Crippen LogP contribution is -2.17. The predicted molar refractivity (Wildman–Crippen MR) is 102 cm³/mol. The zero-order chi connectivity index (χ0) is 17.7. The molecule has 3 nitrogen and oxygen atoms in total. The van der Waals surface area contributed by atoms with Crippen molar-refractivity contribution in [2.75, 3.05) is 19.4 Å². The first-order chi connectivity index (χ1) is 11.3. The zero-order valence-corrected chi connectivity index (χ0v) is 15.4. The Morgan fingerprint density at radius 3 is 2.33 bits per heavy atom. The fourth-order valence-electron chi connectivity index (χ4n) is 2.77. The molecular weight excluding hydrogens is 296 g/mol. The van der Waals surface area contributed by atoms with Crippen LogP contribution in [0.2, 0.25) is 0 Å². The molecule has 0 aromatic heterocycles. The third kappa shape index (κ3) is 5.20. The Bertz CT molecular complexity index is 687. The van der Waals surface area contributed by atoms with Crippen LogP contribution in [0.5, 0.6) is 0 Å². The second-order valence-corrected chi connectivity index (χ2v) is 7.15. The average molecular weight is 324 g/mol. The molecule has 0 radical (unpaired) electrons. The summed E-state index contributed by atoms with van der Waals surface area (Å²) in [5, 5.41) is 3.05. The van der Waals surface area contributed by atoms with E-state index in [-0.39, 0.29) is 5.91 Å². The molecule has 0 aliphatic carbocycles. The van der Waals surface area contributed by atoms with Crippen molar-refractivity contribution in [2.24, 2.45) is 5.92 Å². The molecule has 0 heterocycles. The van der Waals surface area contributed by atoms with Gasteiger partial charge in [-0.05, 0) is 62.7 Å². The van der Waals surface area contributed by atoms with Crippen molar-refractivity contribution < 1.29 is 4.79 Å². The summed E-state index contributed by atoms with van der Waals surface area (Å²) in [6.07, 6.45) is 1.03. The highest BCUT2D eigenvalue weighted by Gasteiger charge is 2.10. The fraction of sp³-hybridized carbons (Fsp3) is 0.381. The van der Waals surface area contributed by atoms with Crippen LogP contribution in [0.25, 0.3) is 0 Å². The van der Waals surface area contributed by atoms with E-state index in [9.17, 15) is 4.79 Å². The maximum absolute atomic E-state index is 12.5. The third-order valence-corrected chi connectivity index (χ3v) is 3.86. The monoisotopic (exact) mass is 324 g/mol. The third-order valence-electron chi connectivity index (χ3n) is 3.86. The SMILES string of the molecule is Cc1ccc(NC(=O)c2ccc(CC(C)C)cc2)c(CN(C)C)c1. The van der Waals surface area contributed by atoms with Gasteiger partial charge in [-0.1, -0.05) is 43.7 Å². The Balaban J connectivity index is 2.14. The molecular formula is C21H28N2O. The lowest BCUT2D eigenvalue weighted by molar-refractivity contribution is 0.102. The van der Waals surface area contributed by atoms with E-state index in [1.807, 2.05) is 50.5 Å². The van der Waals surface area contributed by atoms with Crippen molar-refractivity contribution in [3.05, 3.63) is 64.7 Å². The van der Waals surface area contributed by atoms with Crippen LogP contribution in [-0.4, -0.2) is 24.9 Å². The number of nitrogens with one attached hydrogen (secondary N) is 1. The summed E-state index contributed by atoms with van der Waals surface area (Å²) in [6, 6.07) is 14.1. The second-order valence-electron chi connectivity index (χ2n) is 7.15. The number of hydrogen-bond donors (Lipinski definition) is 1. The Kier molecular flexibility index (Phi) is 6.16. The van der Waals surface area contributed by atoms with E-state index >= 15 is 0 Å². The van der Waals surface area contributed by atoms with Gasteiger partial charge in [-0.15, -0.1) is 0 Å². The summed E-state index contributed by atoms with van der Waals surface area (Å²) in [7, 11) is 4.06. The van der Waals surface area contributed by atoms with Crippen LogP contribution >= 0.6 is 0 Å². The van der Waals surface area contributed by atoms with Crippen molar-refractivity contribution in [3.8, 4) is 0 Å². The molecule has 0 saturated carbocycles. The molecule has 128 valence electrons. The van der Waals surface area contributed by atoms with Gasteiger partial charge in [-0.2, -0.15) is 0 Å². The molecule has 2 aromatic rings.